The lowest BCUT2D eigenvalue weighted by Crippen LogP contribution is -2.45. The summed E-state index contributed by atoms with van der Waals surface area (Å²) in [5, 5.41) is 0. The van der Waals surface area contributed by atoms with Crippen LogP contribution in [0.1, 0.15) is 12.8 Å². The average Bonchev–Trinajstić information content (AvgIpc) is 2.80. The molecule has 4 nitrogen and oxygen atoms in total. The quantitative estimate of drug-likeness (QED) is 0.711. The van der Waals surface area contributed by atoms with Crippen molar-refractivity contribution in [3.05, 3.63) is 24.4 Å². The van der Waals surface area contributed by atoms with E-state index >= 15 is 0 Å². The number of anilines is 1. The van der Waals surface area contributed by atoms with Gasteiger partial charge in [0.2, 0.25) is 0 Å². The Morgan fingerprint density at radius 1 is 1.25 bits per heavy atom. The Morgan fingerprint density at radius 2 is 2.00 bits per heavy atom. The molecule has 0 aromatic carbocycles. The van der Waals surface area contributed by atoms with Crippen molar-refractivity contribution in [3.8, 4) is 0 Å². The first-order chi connectivity index (χ1) is 7.88. The molecule has 0 unspecified atom stereocenters. The number of hydrogen-bond acceptors (Lipinski definition) is 4. The van der Waals surface area contributed by atoms with E-state index in [0.717, 1.165) is 45.0 Å². The molecular formula is C12H15N2O2. The second kappa shape index (κ2) is 4.03. The molecule has 0 N–H and O–H groups in total. The van der Waals surface area contributed by atoms with Crippen molar-refractivity contribution in [2.75, 3.05) is 31.2 Å². The molecule has 3 rings (SSSR count). The maximum atomic E-state index is 5.69. The summed E-state index contributed by atoms with van der Waals surface area (Å²) in [6, 6.07) is 6.83. The summed E-state index contributed by atoms with van der Waals surface area (Å²) in [5.41, 5.74) is 0. The van der Waals surface area contributed by atoms with E-state index in [1.54, 1.807) is 6.20 Å². The van der Waals surface area contributed by atoms with Crippen LogP contribution in [-0.2, 0) is 9.47 Å². The van der Waals surface area contributed by atoms with Gasteiger partial charge >= 0.3 is 0 Å². The highest BCUT2D eigenvalue weighted by Crippen LogP contribution is 2.32. The maximum Gasteiger partial charge on any atom is 0.171 e. The highest BCUT2D eigenvalue weighted by molar-refractivity contribution is 5.38. The Morgan fingerprint density at radius 3 is 2.62 bits per heavy atom. The molecule has 0 bridgehead atoms. The van der Waals surface area contributed by atoms with Crippen molar-refractivity contribution in [3.63, 3.8) is 0 Å². The van der Waals surface area contributed by atoms with Gasteiger partial charge in [0.25, 0.3) is 0 Å². The van der Waals surface area contributed by atoms with Gasteiger partial charge in [0, 0.05) is 38.2 Å². The second-order valence-corrected chi connectivity index (χ2v) is 4.21. The molecule has 2 saturated heterocycles. The van der Waals surface area contributed by atoms with Gasteiger partial charge in [-0.1, -0.05) is 0 Å². The molecule has 1 aromatic rings. The summed E-state index contributed by atoms with van der Waals surface area (Å²) in [7, 11) is 0. The van der Waals surface area contributed by atoms with Gasteiger partial charge < -0.3 is 14.4 Å². The Balaban J connectivity index is 1.66. The van der Waals surface area contributed by atoms with E-state index in [1.165, 1.54) is 0 Å². The zero-order valence-electron chi connectivity index (χ0n) is 9.19. The molecule has 0 amide bonds. The van der Waals surface area contributed by atoms with Gasteiger partial charge in [-0.2, -0.15) is 0 Å². The van der Waals surface area contributed by atoms with E-state index in [-0.39, 0.29) is 5.79 Å². The van der Waals surface area contributed by atoms with E-state index < -0.39 is 0 Å². The van der Waals surface area contributed by atoms with Crippen molar-refractivity contribution in [2.24, 2.45) is 0 Å². The van der Waals surface area contributed by atoms with E-state index in [0.29, 0.717) is 0 Å². The van der Waals surface area contributed by atoms with Crippen LogP contribution in [0.15, 0.2) is 18.3 Å². The Kier molecular flexibility index (Phi) is 2.53. The van der Waals surface area contributed by atoms with Gasteiger partial charge in [-0.3, -0.25) is 0 Å². The van der Waals surface area contributed by atoms with Gasteiger partial charge in [-0.25, -0.2) is 4.98 Å². The molecule has 85 valence electrons. The monoisotopic (exact) mass is 219 g/mol. The molecule has 0 atom stereocenters. The molecule has 1 aromatic heterocycles. The molecule has 4 heteroatoms. The fourth-order valence-corrected chi connectivity index (χ4v) is 2.36. The predicted octanol–water partition coefficient (Wildman–Crippen LogP) is 1.23. The first-order valence-corrected chi connectivity index (χ1v) is 5.73. The van der Waals surface area contributed by atoms with Crippen LogP contribution in [0.5, 0.6) is 0 Å². The Labute approximate surface area is 95.2 Å². The van der Waals surface area contributed by atoms with Crippen molar-refractivity contribution in [2.45, 2.75) is 18.6 Å². The topological polar surface area (TPSA) is 34.6 Å². The zero-order chi connectivity index (χ0) is 10.8. The summed E-state index contributed by atoms with van der Waals surface area (Å²) < 4.78 is 11.4. The summed E-state index contributed by atoms with van der Waals surface area (Å²) in [6.45, 7) is 3.35. The minimum atomic E-state index is -0.294. The summed E-state index contributed by atoms with van der Waals surface area (Å²) in [6.07, 6.45) is 3.56. The van der Waals surface area contributed by atoms with Crippen molar-refractivity contribution in [1.29, 1.82) is 0 Å². The van der Waals surface area contributed by atoms with Crippen LogP contribution >= 0.6 is 0 Å². The molecule has 1 radical (unpaired) electrons. The number of aromatic nitrogens is 1. The minimum Gasteiger partial charge on any atom is -0.356 e. The molecule has 2 aliphatic rings. The number of ether oxygens (including phenoxy) is 2. The molecule has 3 heterocycles. The van der Waals surface area contributed by atoms with Gasteiger partial charge in [0.1, 0.15) is 5.82 Å². The third kappa shape index (κ3) is 1.79. The Hall–Kier alpha value is -1.13. The number of pyridine rings is 1. The predicted molar refractivity (Wildman–Crippen MR) is 59.2 cm³/mol. The van der Waals surface area contributed by atoms with Crippen LogP contribution in [-0.4, -0.2) is 37.1 Å². The van der Waals surface area contributed by atoms with Gasteiger partial charge in [-0.05, 0) is 12.1 Å². The lowest BCUT2D eigenvalue weighted by molar-refractivity contribution is -0.169. The lowest BCUT2D eigenvalue weighted by atomic mass is 10.0. The fraction of sp³-hybridized carbons (Fsp3) is 0.583. The SMILES string of the molecule is [c]1ccc(N2CCC3(CC2)OCCO3)nc1. The summed E-state index contributed by atoms with van der Waals surface area (Å²) in [5.74, 6) is 0.726. The number of rotatable bonds is 1. The molecule has 2 fully saturated rings. The third-order valence-electron chi connectivity index (χ3n) is 3.26. The summed E-state index contributed by atoms with van der Waals surface area (Å²) >= 11 is 0. The third-order valence-corrected chi connectivity index (χ3v) is 3.26. The average molecular weight is 219 g/mol. The van der Waals surface area contributed by atoms with Gasteiger partial charge in [-0.15, -0.1) is 0 Å². The van der Waals surface area contributed by atoms with Crippen LogP contribution < -0.4 is 4.90 Å². The van der Waals surface area contributed by atoms with Crippen LogP contribution in [0.25, 0.3) is 0 Å². The molecule has 1 spiro atoms. The molecular weight excluding hydrogens is 204 g/mol. The van der Waals surface area contributed by atoms with Gasteiger partial charge in [0.15, 0.2) is 5.79 Å². The van der Waals surface area contributed by atoms with Crippen LogP contribution in [0.3, 0.4) is 0 Å². The van der Waals surface area contributed by atoms with E-state index in [9.17, 15) is 0 Å². The zero-order valence-corrected chi connectivity index (χ0v) is 9.19. The number of hydrogen-bond donors (Lipinski definition) is 0. The highest BCUT2D eigenvalue weighted by Gasteiger charge is 2.39. The van der Waals surface area contributed by atoms with Crippen molar-refractivity contribution in [1.82, 2.24) is 4.98 Å². The minimum absolute atomic E-state index is 0.294. The highest BCUT2D eigenvalue weighted by atomic mass is 16.7. The van der Waals surface area contributed by atoms with Gasteiger partial charge in [0.05, 0.1) is 13.2 Å². The molecule has 16 heavy (non-hydrogen) atoms. The van der Waals surface area contributed by atoms with Crippen LogP contribution in [0.4, 0.5) is 5.82 Å². The van der Waals surface area contributed by atoms with E-state index in [4.69, 9.17) is 9.47 Å². The van der Waals surface area contributed by atoms with E-state index in [2.05, 4.69) is 16.0 Å². The molecule has 0 saturated carbocycles. The first kappa shape index (κ1) is 10.1. The standard InChI is InChI=1S/C12H15N2O2/c1-2-6-13-11(3-1)14-7-4-12(5-8-14)15-9-10-16-12/h1,3,6H,4-5,7-10H2. The smallest absolute Gasteiger partial charge is 0.171 e. The summed E-state index contributed by atoms with van der Waals surface area (Å²) in [4.78, 5) is 6.57. The van der Waals surface area contributed by atoms with Crippen molar-refractivity contribution < 1.29 is 9.47 Å². The number of piperidine rings is 1. The second-order valence-electron chi connectivity index (χ2n) is 4.21. The van der Waals surface area contributed by atoms with Crippen LogP contribution in [0.2, 0.25) is 0 Å². The normalized spacial score (nSPS) is 23.9. The van der Waals surface area contributed by atoms with E-state index in [1.807, 2.05) is 12.1 Å². The number of nitrogens with zero attached hydrogens (tertiary/aromatic N) is 2. The Bertz CT molecular complexity index is 339. The van der Waals surface area contributed by atoms with Crippen LogP contribution in [0, 0.1) is 6.07 Å². The first-order valence-electron chi connectivity index (χ1n) is 5.73. The largest absolute Gasteiger partial charge is 0.356 e. The lowest BCUT2D eigenvalue weighted by Gasteiger charge is -2.38. The van der Waals surface area contributed by atoms with Crippen molar-refractivity contribution >= 4 is 5.82 Å². The maximum absolute atomic E-state index is 5.69. The molecule has 2 aliphatic heterocycles. The fourth-order valence-electron chi connectivity index (χ4n) is 2.36. The molecule has 0 aliphatic carbocycles.